The van der Waals surface area contributed by atoms with E-state index in [2.05, 4.69) is 5.32 Å². The highest BCUT2D eigenvalue weighted by Gasteiger charge is 2.26. The number of carboxylic acid groups (broad SMARTS) is 1. The Kier molecular flexibility index (Phi) is 3.10. The van der Waals surface area contributed by atoms with Crippen LogP contribution in [0.25, 0.3) is 0 Å². The highest BCUT2D eigenvalue weighted by Crippen LogP contribution is 2.26. The first-order valence-electron chi connectivity index (χ1n) is 5.33. The van der Waals surface area contributed by atoms with E-state index in [0.29, 0.717) is 12.2 Å². The van der Waals surface area contributed by atoms with Gasteiger partial charge in [0.15, 0.2) is 11.8 Å². The molecule has 2 N–H and O–H groups in total. The van der Waals surface area contributed by atoms with Crippen LogP contribution in [0, 0.1) is 0 Å². The fourth-order valence-electron chi connectivity index (χ4n) is 1.87. The predicted molar refractivity (Wildman–Crippen MR) is 60.5 cm³/mol. The van der Waals surface area contributed by atoms with Crippen LogP contribution in [0.15, 0.2) is 18.2 Å². The van der Waals surface area contributed by atoms with Crippen molar-refractivity contribution in [1.82, 2.24) is 5.32 Å². The number of likely N-dealkylation sites (N-methyl/N-ethyl adjacent to an activating group) is 1. The molecule has 0 aromatic heterocycles. The average Bonchev–Trinajstić information content (AvgIpc) is 2.75. The van der Waals surface area contributed by atoms with E-state index in [1.165, 1.54) is 7.05 Å². The fraction of sp³-hybridized carbons (Fsp3) is 0.333. The number of nitrogens with one attached hydrogen (secondary N) is 1. The number of aliphatic carboxylic acids is 1. The second-order valence-electron chi connectivity index (χ2n) is 3.85. The van der Waals surface area contributed by atoms with Gasteiger partial charge in [0, 0.05) is 12.0 Å². The van der Waals surface area contributed by atoms with Crippen molar-refractivity contribution in [2.75, 3.05) is 13.7 Å². The molecule has 0 fully saturated rings. The number of hydrogen-bond acceptors (Lipinski definition) is 4. The first-order valence-corrected chi connectivity index (χ1v) is 5.33. The van der Waals surface area contributed by atoms with Crippen molar-refractivity contribution in [1.29, 1.82) is 0 Å². The lowest BCUT2D eigenvalue weighted by Gasteiger charge is -2.10. The minimum absolute atomic E-state index is 0.399. The molecule has 1 aliphatic heterocycles. The van der Waals surface area contributed by atoms with Gasteiger partial charge in [-0.25, -0.2) is 0 Å². The Morgan fingerprint density at radius 3 is 2.88 bits per heavy atom. The molecule has 0 saturated carbocycles. The smallest absolute Gasteiger partial charge is 0.328 e. The van der Waals surface area contributed by atoms with E-state index in [1.54, 1.807) is 18.2 Å². The molecule has 1 aliphatic rings. The zero-order valence-corrected chi connectivity index (χ0v) is 9.40. The maximum absolute atomic E-state index is 11.9. The van der Waals surface area contributed by atoms with E-state index in [9.17, 15) is 9.59 Å². The highest BCUT2D eigenvalue weighted by molar-refractivity contribution is 6.11. The summed E-state index contributed by atoms with van der Waals surface area (Å²) in [6.07, 6.45) is 0.758. The molecular formula is C12H13NO4. The van der Waals surface area contributed by atoms with Crippen molar-refractivity contribution in [3.63, 3.8) is 0 Å². The minimum Gasteiger partial charge on any atom is -0.493 e. The second-order valence-corrected chi connectivity index (χ2v) is 3.85. The molecule has 2 rings (SSSR count). The zero-order valence-electron chi connectivity index (χ0n) is 9.40. The van der Waals surface area contributed by atoms with Crippen LogP contribution in [0.3, 0.4) is 0 Å². The molecule has 0 amide bonds. The summed E-state index contributed by atoms with van der Waals surface area (Å²) in [5.74, 6) is -0.832. The number of carbonyl (C=O) groups is 2. The Balaban J connectivity index is 2.28. The lowest BCUT2D eigenvalue weighted by atomic mass is 10.0. The summed E-state index contributed by atoms with van der Waals surface area (Å²) in [6, 6.07) is 3.82. The normalized spacial score (nSPS) is 14.9. The van der Waals surface area contributed by atoms with E-state index < -0.39 is 17.8 Å². The van der Waals surface area contributed by atoms with E-state index in [4.69, 9.17) is 9.84 Å². The van der Waals surface area contributed by atoms with E-state index in [0.717, 1.165) is 17.7 Å². The molecular weight excluding hydrogens is 222 g/mol. The standard InChI is InChI=1S/C12H13NO4/c1-13-10(12(15)16)11(14)8-2-3-9-7(6-8)4-5-17-9/h2-3,6,10,13H,4-5H2,1H3,(H,15,16). The number of ketones is 1. The van der Waals surface area contributed by atoms with Gasteiger partial charge >= 0.3 is 5.97 Å². The van der Waals surface area contributed by atoms with Crippen LogP contribution in [-0.4, -0.2) is 36.6 Å². The number of hydrogen-bond donors (Lipinski definition) is 2. The Hall–Kier alpha value is -1.88. The summed E-state index contributed by atoms with van der Waals surface area (Å²) in [4.78, 5) is 22.8. The van der Waals surface area contributed by atoms with Crippen molar-refractivity contribution >= 4 is 11.8 Å². The Labute approximate surface area is 98.4 Å². The molecule has 1 atom stereocenters. The molecule has 0 aliphatic carbocycles. The summed E-state index contributed by atoms with van der Waals surface area (Å²) in [6.45, 7) is 0.612. The maximum Gasteiger partial charge on any atom is 0.328 e. The van der Waals surface area contributed by atoms with Crippen LogP contribution in [0.5, 0.6) is 5.75 Å². The van der Waals surface area contributed by atoms with Gasteiger partial charge < -0.3 is 15.2 Å². The number of ether oxygens (including phenoxy) is 1. The SMILES string of the molecule is CNC(C(=O)O)C(=O)c1ccc2c(c1)CCO2. The monoisotopic (exact) mass is 235 g/mol. The largest absolute Gasteiger partial charge is 0.493 e. The van der Waals surface area contributed by atoms with Crippen molar-refractivity contribution in [3.05, 3.63) is 29.3 Å². The minimum atomic E-state index is -1.20. The molecule has 0 bridgehead atoms. The van der Waals surface area contributed by atoms with Gasteiger partial charge in [-0.3, -0.25) is 9.59 Å². The molecule has 90 valence electrons. The van der Waals surface area contributed by atoms with Crippen LogP contribution < -0.4 is 10.1 Å². The van der Waals surface area contributed by atoms with Crippen molar-refractivity contribution in [3.8, 4) is 5.75 Å². The molecule has 0 spiro atoms. The van der Waals surface area contributed by atoms with Crippen LogP contribution >= 0.6 is 0 Å². The second kappa shape index (κ2) is 4.55. The number of benzene rings is 1. The highest BCUT2D eigenvalue weighted by atomic mass is 16.5. The third kappa shape index (κ3) is 2.14. The molecule has 0 saturated heterocycles. The Bertz CT molecular complexity index is 470. The van der Waals surface area contributed by atoms with Crippen LogP contribution in [0.1, 0.15) is 15.9 Å². The van der Waals surface area contributed by atoms with Crippen LogP contribution in [-0.2, 0) is 11.2 Å². The molecule has 0 radical (unpaired) electrons. The van der Waals surface area contributed by atoms with E-state index in [-0.39, 0.29) is 0 Å². The lowest BCUT2D eigenvalue weighted by molar-refractivity contribution is -0.137. The molecule has 17 heavy (non-hydrogen) atoms. The van der Waals surface area contributed by atoms with Gasteiger partial charge in [0.25, 0.3) is 0 Å². The Morgan fingerprint density at radius 1 is 1.47 bits per heavy atom. The number of Topliss-reactive ketones (excluding diaryl/α,β-unsaturated/α-hetero) is 1. The zero-order chi connectivity index (χ0) is 12.4. The van der Waals surface area contributed by atoms with E-state index in [1.807, 2.05) is 0 Å². The molecule has 1 aromatic carbocycles. The molecule has 5 heteroatoms. The fourth-order valence-corrected chi connectivity index (χ4v) is 1.87. The third-order valence-electron chi connectivity index (χ3n) is 2.77. The summed E-state index contributed by atoms with van der Waals surface area (Å²) in [5, 5.41) is 11.4. The van der Waals surface area contributed by atoms with Crippen LogP contribution in [0.4, 0.5) is 0 Å². The van der Waals surface area contributed by atoms with Crippen molar-refractivity contribution < 1.29 is 19.4 Å². The van der Waals surface area contributed by atoms with Crippen LogP contribution in [0.2, 0.25) is 0 Å². The van der Waals surface area contributed by atoms with Crippen molar-refractivity contribution in [2.45, 2.75) is 12.5 Å². The number of carbonyl (C=O) groups excluding carboxylic acids is 1. The summed E-state index contributed by atoms with van der Waals surface area (Å²) in [7, 11) is 1.45. The lowest BCUT2D eigenvalue weighted by Crippen LogP contribution is -2.41. The summed E-state index contributed by atoms with van der Waals surface area (Å²) < 4.78 is 5.32. The summed E-state index contributed by atoms with van der Waals surface area (Å²) in [5.41, 5.74) is 1.35. The molecule has 1 heterocycles. The maximum atomic E-state index is 11.9. The molecule has 1 unspecified atom stereocenters. The topological polar surface area (TPSA) is 75.6 Å². The first kappa shape index (κ1) is 11.6. The van der Waals surface area contributed by atoms with Gasteiger partial charge in [-0.1, -0.05) is 0 Å². The average molecular weight is 235 g/mol. The number of carboxylic acids is 1. The van der Waals surface area contributed by atoms with Gasteiger partial charge in [-0.05, 0) is 30.8 Å². The number of fused-ring (bicyclic) bond motifs is 1. The van der Waals surface area contributed by atoms with Gasteiger partial charge in [0.1, 0.15) is 5.75 Å². The molecule has 5 nitrogen and oxygen atoms in total. The van der Waals surface area contributed by atoms with Gasteiger partial charge in [0.05, 0.1) is 6.61 Å². The van der Waals surface area contributed by atoms with Gasteiger partial charge in [0.2, 0.25) is 0 Å². The van der Waals surface area contributed by atoms with Gasteiger partial charge in [-0.2, -0.15) is 0 Å². The first-order chi connectivity index (χ1) is 8.13. The predicted octanol–water partition coefficient (Wildman–Crippen LogP) is 0.477. The molecule has 1 aromatic rings. The third-order valence-corrected chi connectivity index (χ3v) is 2.77. The van der Waals surface area contributed by atoms with Gasteiger partial charge in [-0.15, -0.1) is 0 Å². The quantitative estimate of drug-likeness (QED) is 0.586. The number of rotatable bonds is 4. The van der Waals surface area contributed by atoms with Crippen molar-refractivity contribution in [2.24, 2.45) is 0 Å². The van der Waals surface area contributed by atoms with E-state index >= 15 is 0 Å². The Morgan fingerprint density at radius 2 is 2.24 bits per heavy atom. The summed E-state index contributed by atoms with van der Waals surface area (Å²) >= 11 is 0.